The van der Waals surface area contributed by atoms with Gasteiger partial charge in [-0.2, -0.15) is 0 Å². The Hall–Kier alpha value is -0.980. The number of nitrogens with zero attached hydrogens (tertiary/aromatic N) is 2. The number of hydrogen-bond donors (Lipinski definition) is 4. The van der Waals surface area contributed by atoms with E-state index in [0.29, 0.717) is 38.4 Å². The summed E-state index contributed by atoms with van der Waals surface area (Å²) in [7, 11) is -3.57. The molecule has 162 valence electrons. The third-order valence-corrected chi connectivity index (χ3v) is 5.41. The van der Waals surface area contributed by atoms with Crippen molar-refractivity contribution in [3.8, 4) is 0 Å². The van der Waals surface area contributed by atoms with E-state index in [9.17, 15) is 13.5 Å². The molecule has 0 amide bonds. The van der Waals surface area contributed by atoms with Crippen LogP contribution in [0.3, 0.4) is 0 Å². The molecule has 0 atom stereocenters. The maximum Gasteiger partial charge on any atom is 0.242 e. The van der Waals surface area contributed by atoms with Gasteiger partial charge in [-0.1, -0.05) is 26.7 Å². The van der Waals surface area contributed by atoms with Crippen molar-refractivity contribution in [2.75, 3.05) is 26.2 Å². The first-order chi connectivity index (χ1) is 12.9. The molecule has 0 bridgehead atoms. The standard InChI is InChI=1S/C18H33N5O3S.HI/c1-4-9-18(24,10-5-2)15-22-17(20-6-3)21-12-13-23-27(25,26)16-8-7-11-19-14-16;/h7-8,11,14,23-24H,4-6,9-10,12-13,15H2,1-3H3,(H2,20,21,22);1H. The van der Waals surface area contributed by atoms with Crippen LogP contribution in [0.1, 0.15) is 46.5 Å². The zero-order valence-electron chi connectivity index (χ0n) is 16.9. The Morgan fingerprint density at radius 1 is 1.18 bits per heavy atom. The third kappa shape index (κ3) is 9.99. The Morgan fingerprint density at radius 3 is 2.39 bits per heavy atom. The summed E-state index contributed by atoms with van der Waals surface area (Å²) in [5, 5.41) is 16.9. The smallest absolute Gasteiger partial charge is 0.242 e. The molecule has 0 aliphatic carbocycles. The molecule has 8 nitrogen and oxygen atoms in total. The van der Waals surface area contributed by atoms with Gasteiger partial charge in [0.15, 0.2) is 5.96 Å². The minimum absolute atomic E-state index is 0. The van der Waals surface area contributed by atoms with Gasteiger partial charge >= 0.3 is 0 Å². The second-order valence-corrected chi connectivity index (χ2v) is 8.20. The van der Waals surface area contributed by atoms with Crippen LogP contribution in [0.25, 0.3) is 0 Å². The number of halogens is 1. The molecule has 0 fully saturated rings. The summed E-state index contributed by atoms with van der Waals surface area (Å²) in [5.41, 5.74) is -0.798. The number of aromatic nitrogens is 1. The van der Waals surface area contributed by atoms with E-state index in [1.807, 2.05) is 20.8 Å². The zero-order valence-corrected chi connectivity index (χ0v) is 20.1. The molecule has 1 rings (SSSR count). The number of aliphatic imine (C=N–C) groups is 1. The van der Waals surface area contributed by atoms with E-state index in [2.05, 4.69) is 25.3 Å². The second kappa shape index (κ2) is 14.1. The highest BCUT2D eigenvalue weighted by Crippen LogP contribution is 2.19. The number of sulfonamides is 1. The topological polar surface area (TPSA) is 116 Å². The second-order valence-electron chi connectivity index (χ2n) is 6.43. The van der Waals surface area contributed by atoms with Crippen LogP contribution in [0.5, 0.6) is 0 Å². The molecule has 10 heteroatoms. The van der Waals surface area contributed by atoms with Gasteiger partial charge in [0, 0.05) is 32.0 Å². The van der Waals surface area contributed by atoms with Crippen LogP contribution < -0.4 is 15.4 Å². The normalized spacial score (nSPS) is 12.4. The molecular weight excluding hydrogens is 493 g/mol. The van der Waals surface area contributed by atoms with E-state index in [4.69, 9.17) is 0 Å². The van der Waals surface area contributed by atoms with Crippen molar-refractivity contribution in [3.05, 3.63) is 24.5 Å². The van der Waals surface area contributed by atoms with E-state index in [0.717, 1.165) is 12.8 Å². The fourth-order valence-corrected chi connectivity index (χ4v) is 3.73. The van der Waals surface area contributed by atoms with Gasteiger partial charge in [0.25, 0.3) is 0 Å². The largest absolute Gasteiger partial charge is 0.388 e. The first-order valence-electron chi connectivity index (χ1n) is 9.51. The first-order valence-corrected chi connectivity index (χ1v) is 11.0. The van der Waals surface area contributed by atoms with E-state index >= 15 is 0 Å². The highest BCUT2D eigenvalue weighted by molar-refractivity contribution is 14.0. The summed E-state index contributed by atoms with van der Waals surface area (Å²) in [6.45, 7) is 7.59. The number of nitrogens with one attached hydrogen (secondary N) is 3. The minimum Gasteiger partial charge on any atom is -0.388 e. The molecule has 1 aromatic heterocycles. The Bertz CT molecular complexity index is 665. The molecule has 0 aliphatic heterocycles. The van der Waals surface area contributed by atoms with Gasteiger partial charge in [-0.25, -0.2) is 13.1 Å². The lowest BCUT2D eigenvalue weighted by Crippen LogP contribution is -2.43. The first kappa shape index (κ1) is 27.0. The van der Waals surface area contributed by atoms with Gasteiger partial charge in [0.05, 0.1) is 12.1 Å². The number of aliphatic hydroxyl groups is 1. The molecule has 0 aromatic carbocycles. The molecule has 0 radical (unpaired) electrons. The van der Waals surface area contributed by atoms with Crippen molar-refractivity contribution in [1.82, 2.24) is 20.3 Å². The molecule has 0 saturated heterocycles. The van der Waals surface area contributed by atoms with E-state index in [-0.39, 0.29) is 35.4 Å². The van der Waals surface area contributed by atoms with Gasteiger partial charge in [0.1, 0.15) is 4.90 Å². The number of pyridine rings is 1. The fraction of sp³-hybridized carbons (Fsp3) is 0.667. The van der Waals surface area contributed by atoms with Crippen LogP contribution in [0.15, 0.2) is 34.4 Å². The molecule has 28 heavy (non-hydrogen) atoms. The van der Waals surface area contributed by atoms with E-state index < -0.39 is 15.6 Å². The Balaban J connectivity index is 0.00000729. The van der Waals surface area contributed by atoms with E-state index in [1.54, 1.807) is 6.07 Å². The van der Waals surface area contributed by atoms with Crippen molar-refractivity contribution < 1.29 is 13.5 Å². The summed E-state index contributed by atoms with van der Waals surface area (Å²) < 4.78 is 26.8. The third-order valence-electron chi connectivity index (χ3n) is 3.96. The maximum absolute atomic E-state index is 12.1. The molecule has 1 aromatic rings. The summed E-state index contributed by atoms with van der Waals surface area (Å²) in [5.74, 6) is 0.559. The molecule has 0 unspecified atom stereocenters. The van der Waals surface area contributed by atoms with Gasteiger partial charge in [0.2, 0.25) is 10.0 Å². The van der Waals surface area contributed by atoms with Crippen LogP contribution in [-0.2, 0) is 10.0 Å². The SMILES string of the molecule is CCCC(O)(CCC)CN=C(NCC)NCCNS(=O)(=O)c1cccnc1.I. The van der Waals surface area contributed by atoms with Gasteiger partial charge in [-0.05, 0) is 31.9 Å². The summed E-state index contributed by atoms with van der Waals surface area (Å²) in [4.78, 5) is 8.43. The van der Waals surface area contributed by atoms with Gasteiger partial charge < -0.3 is 15.7 Å². The molecule has 0 spiro atoms. The average Bonchev–Trinajstić information content (AvgIpc) is 2.64. The van der Waals surface area contributed by atoms with Crippen molar-refractivity contribution >= 4 is 40.0 Å². The molecule has 4 N–H and O–H groups in total. The molecule has 0 aliphatic rings. The molecule has 1 heterocycles. The number of rotatable bonds is 12. The van der Waals surface area contributed by atoms with Crippen LogP contribution in [-0.4, -0.2) is 56.2 Å². The Kier molecular flexibility index (Phi) is 13.6. The van der Waals surface area contributed by atoms with Gasteiger partial charge in [-0.15, -0.1) is 24.0 Å². The predicted molar refractivity (Wildman–Crippen MR) is 124 cm³/mol. The van der Waals surface area contributed by atoms with Crippen LogP contribution in [0, 0.1) is 0 Å². The predicted octanol–water partition coefficient (Wildman–Crippen LogP) is 1.86. The summed E-state index contributed by atoms with van der Waals surface area (Å²) >= 11 is 0. The lowest BCUT2D eigenvalue weighted by Gasteiger charge is -2.26. The van der Waals surface area contributed by atoms with Gasteiger partial charge in [-0.3, -0.25) is 9.98 Å². The Morgan fingerprint density at radius 2 is 1.86 bits per heavy atom. The lowest BCUT2D eigenvalue weighted by molar-refractivity contribution is 0.0306. The summed E-state index contributed by atoms with van der Waals surface area (Å²) in [6, 6.07) is 3.08. The van der Waals surface area contributed by atoms with Crippen molar-refractivity contribution in [1.29, 1.82) is 0 Å². The molecule has 0 saturated carbocycles. The summed E-state index contributed by atoms with van der Waals surface area (Å²) in [6.07, 6.45) is 6.03. The van der Waals surface area contributed by atoms with Crippen LogP contribution >= 0.6 is 24.0 Å². The lowest BCUT2D eigenvalue weighted by atomic mass is 9.93. The highest BCUT2D eigenvalue weighted by Gasteiger charge is 2.24. The fourth-order valence-electron chi connectivity index (χ4n) is 2.74. The Labute approximate surface area is 186 Å². The zero-order chi connectivity index (χ0) is 20.2. The number of guanidine groups is 1. The molecular formula is C18H34IN5O3S. The van der Waals surface area contributed by atoms with Crippen molar-refractivity contribution in [2.24, 2.45) is 4.99 Å². The van der Waals surface area contributed by atoms with Crippen molar-refractivity contribution in [3.63, 3.8) is 0 Å². The maximum atomic E-state index is 12.1. The average molecular weight is 527 g/mol. The van der Waals surface area contributed by atoms with Crippen LogP contribution in [0.4, 0.5) is 0 Å². The minimum atomic E-state index is -3.57. The van der Waals surface area contributed by atoms with Crippen LogP contribution in [0.2, 0.25) is 0 Å². The highest BCUT2D eigenvalue weighted by atomic mass is 127. The quantitative estimate of drug-likeness (QED) is 0.143. The number of hydrogen-bond acceptors (Lipinski definition) is 5. The van der Waals surface area contributed by atoms with Crippen molar-refractivity contribution in [2.45, 2.75) is 57.0 Å². The monoisotopic (exact) mass is 527 g/mol. The van der Waals surface area contributed by atoms with E-state index in [1.165, 1.54) is 18.5 Å².